The summed E-state index contributed by atoms with van der Waals surface area (Å²) in [6, 6.07) is 0. The molecule has 1 aromatic heterocycles. The van der Waals surface area contributed by atoms with Crippen LogP contribution in [0.4, 0.5) is 5.82 Å². The van der Waals surface area contributed by atoms with Crippen LogP contribution in [0.15, 0.2) is 6.20 Å². The standard InChI is InChI=1S/C11H20N4O2/c1-15-10(12)9(8-14-15)11(16)13-6-4-3-5-7-17-2/h8H,3-7,12H2,1-2H3,(H,13,16). The lowest BCUT2D eigenvalue weighted by atomic mass is 10.2. The topological polar surface area (TPSA) is 82.2 Å². The highest BCUT2D eigenvalue weighted by molar-refractivity contribution is 5.98. The molecule has 6 heteroatoms. The van der Waals surface area contributed by atoms with Gasteiger partial charge in [-0.05, 0) is 19.3 Å². The number of nitrogens with one attached hydrogen (secondary N) is 1. The maximum Gasteiger partial charge on any atom is 0.256 e. The number of carbonyl (C=O) groups excluding carboxylic acids is 1. The Kier molecular flexibility index (Phi) is 5.48. The zero-order valence-electron chi connectivity index (χ0n) is 10.4. The molecule has 0 unspecified atom stereocenters. The highest BCUT2D eigenvalue weighted by Gasteiger charge is 2.12. The molecule has 0 fully saturated rings. The van der Waals surface area contributed by atoms with Gasteiger partial charge in [0.15, 0.2) is 0 Å². The van der Waals surface area contributed by atoms with Gasteiger partial charge >= 0.3 is 0 Å². The smallest absolute Gasteiger partial charge is 0.256 e. The molecule has 0 aliphatic heterocycles. The summed E-state index contributed by atoms with van der Waals surface area (Å²) < 4.78 is 6.42. The van der Waals surface area contributed by atoms with Crippen molar-refractivity contribution in [3.05, 3.63) is 11.8 Å². The molecule has 0 radical (unpaired) electrons. The van der Waals surface area contributed by atoms with Crippen molar-refractivity contribution < 1.29 is 9.53 Å². The van der Waals surface area contributed by atoms with E-state index in [1.807, 2.05) is 0 Å². The third-order valence-electron chi connectivity index (χ3n) is 2.54. The van der Waals surface area contributed by atoms with Crippen LogP contribution in [0.2, 0.25) is 0 Å². The predicted molar refractivity (Wildman–Crippen MR) is 65.7 cm³/mol. The number of hydrogen-bond acceptors (Lipinski definition) is 4. The molecule has 0 aromatic carbocycles. The highest BCUT2D eigenvalue weighted by Crippen LogP contribution is 2.08. The molecule has 3 N–H and O–H groups in total. The largest absolute Gasteiger partial charge is 0.385 e. The summed E-state index contributed by atoms with van der Waals surface area (Å²) in [7, 11) is 3.39. The first kappa shape index (κ1) is 13.5. The minimum atomic E-state index is -0.164. The van der Waals surface area contributed by atoms with Gasteiger partial charge in [0, 0.05) is 27.3 Å². The number of hydrogen-bond donors (Lipinski definition) is 2. The summed E-state index contributed by atoms with van der Waals surface area (Å²) in [6.45, 7) is 1.42. The van der Waals surface area contributed by atoms with Gasteiger partial charge in [0.05, 0.1) is 6.20 Å². The molecular weight excluding hydrogens is 220 g/mol. The van der Waals surface area contributed by atoms with Crippen LogP contribution in [0, 0.1) is 0 Å². The Morgan fingerprint density at radius 1 is 1.53 bits per heavy atom. The van der Waals surface area contributed by atoms with Crippen LogP contribution >= 0.6 is 0 Å². The Morgan fingerprint density at radius 3 is 2.88 bits per heavy atom. The van der Waals surface area contributed by atoms with E-state index in [0.717, 1.165) is 25.9 Å². The molecule has 96 valence electrons. The van der Waals surface area contributed by atoms with Crippen LogP contribution in [0.5, 0.6) is 0 Å². The first-order valence-corrected chi connectivity index (χ1v) is 5.71. The van der Waals surface area contributed by atoms with Crippen molar-refractivity contribution in [2.75, 3.05) is 26.0 Å². The fraction of sp³-hybridized carbons (Fsp3) is 0.636. The quantitative estimate of drug-likeness (QED) is 0.682. The number of nitrogens with two attached hydrogens (primary N) is 1. The summed E-state index contributed by atoms with van der Waals surface area (Å²) in [5.74, 6) is 0.226. The SMILES string of the molecule is COCCCCCNC(=O)c1cnn(C)c1N. The van der Waals surface area contributed by atoms with Gasteiger partial charge in [-0.3, -0.25) is 9.48 Å². The molecule has 0 spiro atoms. The minimum absolute atomic E-state index is 0.164. The second-order valence-electron chi connectivity index (χ2n) is 3.88. The van der Waals surface area contributed by atoms with Gasteiger partial charge in [0.2, 0.25) is 0 Å². The second-order valence-corrected chi connectivity index (χ2v) is 3.88. The van der Waals surface area contributed by atoms with E-state index in [9.17, 15) is 4.79 Å². The van der Waals surface area contributed by atoms with E-state index < -0.39 is 0 Å². The van der Waals surface area contributed by atoms with Gasteiger partial charge in [-0.1, -0.05) is 0 Å². The monoisotopic (exact) mass is 240 g/mol. The molecule has 0 aliphatic carbocycles. The van der Waals surface area contributed by atoms with E-state index in [1.54, 1.807) is 14.2 Å². The Bertz CT molecular complexity index is 362. The molecule has 0 saturated carbocycles. The Hall–Kier alpha value is -1.56. The molecule has 1 aromatic rings. The lowest BCUT2D eigenvalue weighted by Crippen LogP contribution is -2.25. The minimum Gasteiger partial charge on any atom is -0.385 e. The number of rotatable bonds is 7. The number of anilines is 1. The van der Waals surface area contributed by atoms with Crippen LogP contribution in [-0.2, 0) is 11.8 Å². The summed E-state index contributed by atoms with van der Waals surface area (Å²) in [6.07, 6.45) is 4.48. The molecule has 0 atom stereocenters. The van der Waals surface area contributed by atoms with E-state index in [0.29, 0.717) is 17.9 Å². The Labute approximate surface area is 101 Å². The number of aromatic nitrogens is 2. The molecule has 6 nitrogen and oxygen atoms in total. The van der Waals surface area contributed by atoms with Crippen molar-refractivity contribution in [2.24, 2.45) is 7.05 Å². The molecule has 1 rings (SSSR count). The van der Waals surface area contributed by atoms with Crippen molar-refractivity contribution in [1.29, 1.82) is 0 Å². The number of methoxy groups -OCH3 is 1. The van der Waals surface area contributed by atoms with Gasteiger partial charge < -0.3 is 15.8 Å². The van der Waals surface area contributed by atoms with Crippen LogP contribution in [-0.4, -0.2) is 35.9 Å². The number of ether oxygens (including phenoxy) is 1. The van der Waals surface area contributed by atoms with E-state index in [2.05, 4.69) is 10.4 Å². The number of carbonyl (C=O) groups is 1. The molecule has 1 heterocycles. The number of aryl methyl sites for hydroxylation is 1. The maximum atomic E-state index is 11.7. The zero-order valence-corrected chi connectivity index (χ0v) is 10.4. The molecule has 17 heavy (non-hydrogen) atoms. The average molecular weight is 240 g/mol. The van der Waals surface area contributed by atoms with E-state index in [1.165, 1.54) is 10.9 Å². The third-order valence-corrected chi connectivity index (χ3v) is 2.54. The third kappa shape index (κ3) is 4.07. The lowest BCUT2D eigenvalue weighted by Gasteiger charge is -2.04. The normalized spacial score (nSPS) is 10.5. The van der Waals surface area contributed by atoms with Gasteiger partial charge in [-0.25, -0.2) is 0 Å². The van der Waals surface area contributed by atoms with Crippen LogP contribution in [0.3, 0.4) is 0 Å². The van der Waals surface area contributed by atoms with Gasteiger partial charge in [-0.15, -0.1) is 0 Å². The van der Waals surface area contributed by atoms with Gasteiger partial charge in [0.25, 0.3) is 5.91 Å². The number of nitrogens with zero attached hydrogens (tertiary/aromatic N) is 2. The fourth-order valence-electron chi connectivity index (χ4n) is 1.47. The zero-order chi connectivity index (χ0) is 12.7. The van der Waals surface area contributed by atoms with Gasteiger partial charge in [-0.2, -0.15) is 5.10 Å². The summed E-state index contributed by atoms with van der Waals surface area (Å²) in [4.78, 5) is 11.7. The van der Waals surface area contributed by atoms with Crippen molar-refractivity contribution in [2.45, 2.75) is 19.3 Å². The fourth-order valence-corrected chi connectivity index (χ4v) is 1.47. The summed E-state index contributed by atoms with van der Waals surface area (Å²) in [5, 5.41) is 6.74. The highest BCUT2D eigenvalue weighted by atomic mass is 16.5. The average Bonchev–Trinajstić information content (AvgIpc) is 2.64. The molecule has 0 aliphatic rings. The van der Waals surface area contributed by atoms with Crippen molar-refractivity contribution in [3.63, 3.8) is 0 Å². The van der Waals surface area contributed by atoms with Crippen LogP contribution < -0.4 is 11.1 Å². The van der Waals surface area contributed by atoms with E-state index >= 15 is 0 Å². The Balaban J connectivity index is 2.24. The van der Waals surface area contributed by atoms with Crippen molar-refractivity contribution in [3.8, 4) is 0 Å². The predicted octanol–water partition coefficient (Wildman–Crippen LogP) is 0.549. The number of amides is 1. The summed E-state index contributed by atoms with van der Waals surface area (Å²) >= 11 is 0. The second kappa shape index (κ2) is 6.90. The van der Waals surface area contributed by atoms with Crippen molar-refractivity contribution in [1.82, 2.24) is 15.1 Å². The maximum absolute atomic E-state index is 11.7. The first-order valence-electron chi connectivity index (χ1n) is 5.71. The molecular formula is C11H20N4O2. The summed E-state index contributed by atoms with van der Waals surface area (Å²) in [5.41, 5.74) is 6.13. The molecule has 1 amide bonds. The number of unbranched alkanes of at least 4 members (excludes halogenated alkanes) is 2. The van der Waals surface area contributed by atoms with Gasteiger partial charge in [0.1, 0.15) is 11.4 Å². The van der Waals surface area contributed by atoms with Crippen molar-refractivity contribution >= 4 is 11.7 Å². The van der Waals surface area contributed by atoms with Crippen LogP contribution in [0.1, 0.15) is 29.6 Å². The molecule has 0 saturated heterocycles. The Morgan fingerprint density at radius 2 is 2.29 bits per heavy atom. The van der Waals surface area contributed by atoms with E-state index in [-0.39, 0.29) is 5.91 Å². The van der Waals surface area contributed by atoms with Crippen LogP contribution in [0.25, 0.3) is 0 Å². The lowest BCUT2D eigenvalue weighted by molar-refractivity contribution is 0.0953. The molecule has 0 bridgehead atoms. The van der Waals surface area contributed by atoms with E-state index in [4.69, 9.17) is 10.5 Å². The number of nitrogen functional groups attached to an aromatic ring is 1. The first-order chi connectivity index (χ1) is 8.16.